The van der Waals surface area contributed by atoms with E-state index >= 15 is 0 Å². The Bertz CT molecular complexity index is 481. The summed E-state index contributed by atoms with van der Waals surface area (Å²) in [7, 11) is 0. The number of rotatable bonds is 3. The minimum absolute atomic E-state index is 0.0409. The molecule has 4 heteroatoms. The molecule has 18 heavy (non-hydrogen) atoms. The molecule has 1 saturated carbocycles. The van der Waals surface area contributed by atoms with Crippen molar-refractivity contribution in [3.63, 3.8) is 0 Å². The van der Waals surface area contributed by atoms with Crippen molar-refractivity contribution in [2.75, 3.05) is 5.32 Å². The number of nitrogens with one attached hydrogen (secondary N) is 2. The van der Waals surface area contributed by atoms with E-state index in [-0.39, 0.29) is 11.8 Å². The number of hydrogen-bond donors (Lipinski definition) is 2. The Morgan fingerprint density at radius 3 is 2.78 bits per heavy atom. The molecule has 1 aliphatic carbocycles. The van der Waals surface area contributed by atoms with Crippen LogP contribution in [0.25, 0.3) is 0 Å². The maximum absolute atomic E-state index is 11.6. The van der Waals surface area contributed by atoms with Crippen LogP contribution < -0.4 is 10.6 Å². The van der Waals surface area contributed by atoms with E-state index in [0.717, 1.165) is 30.5 Å². The lowest BCUT2D eigenvalue weighted by molar-refractivity contribution is -0.120. The highest BCUT2D eigenvalue weighted by molar-refractivity contribution is 7.80. The van der Waals surface area contributed by atoms with Crippen LogP contribution >= 0.6 is 12.2 Å². The summed E-state index contributed by atoms with van der Waals surface area (Å²) in [6.45, 7) is 4.14. The highest BCUT2D eigenvalue weighted by Crippen LogP contribution is 2.28. The van der Waals surface area contributed by atoms with E-state index in [2.05, 4.69) is 23.6 Å². The Labute approximate surface area is 113 Å². The second kappa shape index (κ2) is 5.48. The molecule has 2 rings (SSSR count). The summed E-state index contributed by atoms with van der Waals surface area (Å²) in [6, 6.07) is 6.14. The van der Waals surface area contributed by atoms with Gasteiger partial charge in [0.1, 0.15) is 0 Å². The van der Waals surface area contributed by atoms with Gasteiger partial charge < -0.3 is 10.6 Å². The number of hydrogen-bond acceptors (Lipinski definition) is 2. The number of thiocarbonyl (C=S) groups is 1. The third kappa shape index (κ3) is 3.07. The summed E-state index contributed by atoms with van der Waals surface area (Å²) >= 11 is 5.18. The Balaban J connectivity index is 2.03. The van der Waals surface area contributed by atoms with Crippen molar-refractivity contribution in [1.82, 2.24) is 5.32 Å². The summed E-state index contributed by atoms with van der Waals surface area (Å²) < 4.78 is 0. The number of benzene rings is 1. The predicted octanol–water partition coefficient (Wildman–Crippen LogP) is 2.78. The summed E-state index contributed by atoms with van der Waals surface area (Å²) in [5.74, 6) is 0.214. The first-order valence-corrected chi connectivity index (χ1v) is 6.73. The standard InChI is InChI=1S/C14H18N2OS/c1-3-10-6-4-5-9(2)12(10)15-14(18)16-13(17)11-7-8-11/h4-6,11H,3,7-8H2,1-2H3,(H2,15,16,17,18). The molecule has 0 unspecified atom stereocenters. The maximum Gasteiger partial charge on any atom is 0.229 e. The minimum atomic E-state index is 0.0409. The number of para-hydroxylation sites is 1. The molecule has 0 spiro atoms. The highest BCUT2D eigenvalue weighted by Gasteiger charge is 2.30. The van der Waals surface area contributed by atoms with Gasteiger partial charge in [-0.1, -0.05) is 25.1 Å². The average Bonchev–Trinajstić information content (AvgIpc) is 3.15. The van der Waals surface area contributed by atoms with Crippen molar-refractivity contribution in [3.05, 3.63) is 29.3 Å². The fourth-order valence-electron chi connectivity index (χ4n) is 1.91. The summed E-state index contributed by atoms with van der Waals surface area (Å²) in [4.78, 5) is 11.6. The zero-order valence-corrected chi connectivity index (χ0v) is 11.6. The summed E-state index contributed by atoms with van der Waals surface area (Å²) in [6.07, 6.45) is 2.90. The minimum Gasteiger partial charge on any atom is -0.332 e. The van der Waals surface area contributed by atoms with Gasteiger partial charge in [-0.05, 0) is 49.5 Å². The molecule has 1 aromatic carbocycles. The smallest absolute Gasteiger partial charge is 0.229 e. The van der Waals surface area contributed by atoms with Crippen molar-refractivity contribution >= 4 is 28.9 Å². The van der Waals surface area contributed by atoms with Crippen molar-refractivity contribution in [2.45, 2.75) is 33.1 Å². The van der Waals surface area contributed by atoms with E-state index in [4.69, 9.17) is 12.2 Å². The molecule has 0 atom stereocenters. The molecule has 2 N–H and O–H groups in total. The first kappa shape index (κ1) is 13.0. The Morgan fingerprint density at radius 2 is 2.17 bits per heavy atom. The van der Waals surface area contributed by atoms with Gasteiger partial charge in [0.05, 0.1) is 0 Å². The van der Waals surface area contributed by atoms with Crippen molar-refractivity contribution in [3.8, 4) is 0 Å². The molecule has 1 aliphatic rings. The largest absolute Gasteiger partial charge is 0.332 e. The van der Waals surface area contributed by atoms with Crippen molar-refractivity contribution < 1.29 is 4.79 Å². The molecule has 0 aromatic heterocycles. The van der Waals surface area contributed by atoms with Gasteiger partial charge in [0.25, 0.3) is 0 Å². The SMILES string of the molecule is CCc1cccc(C)c1NC(=S)NC(=O)C1CC1. The molecule has 1 fully saturated rings. The second-order valence-electron chi connectivity index (χ2n) is 4.68. The van der Waals surface area contributed by atoms with E-state index in [1.165, 1.54) is 5.56 Å². The summed E-state index contributed by atoms with van der Waals surface area (Å²) in [5.41, 5.74) is 3.36. The molecular weight excluding hydrogens is 244 g/mol. The van der Waals surface area contributed by atoms with Crippen LogP contribution in [0, 0.1) is 12.8 Å². The number of amides is 1. The van der Waals surface area contributed by atoms with Crippen LogP contribution in [0.15, 0.2) is 18.2 Å². The predicted molar refractivity (Wildman–Crippen MR) is 77.6 cm³/mol. The van der Waals surface area contributed by atoms with Gasteiger partial charge >= 0.3 is 0 Å². The Hall–Kier alpha value is -1.42. The van der Waals surface area contributed by atoms with Crippen LogP contribution in [-0.2, 0) is 11.2 Å². The zero-order valence-electron chi connectivity index (χ0n) is 10.7. The van der Waals surface area contributed by atoms with Gasteiger partial charge in [0.15, 0.2) is 5.11 Å². The van der Waals surface area contributed by atoms with Gasteiger partial charge in [0, 0.05) is 11.6 Å². The van der Waals surface area contributed by atoms with E-state index in [1.54, 1.807) is 0 Å². The van der Waals surface area contributed by atoms with Crippen molar-refractivity contribution in [1.29, 1.82) is 0 Å². The monoisotopic (exact) mass is 262 g/mol. The second-order valence-corrected chi connectivity index (χ2v) is 5.09. The quantitative estimate of drug-likeness (QED) is 0.823. The molecule has 0 aliphatic heterocycles. The molecule has 96 valence electrons. The van der Waals surface area contributed by atoms with Gasteiger partial charge in [-0.25, -0.2) is 0 Å². The summed E-state index contributed by atoms with van der Waals surface area (Å²) in [5, 5.41) is 6.29. The number of aryl methyl sites for hydroxylation is 2. The number of anilines is 1. The molecule has 0 bridgehead atoms. The normalized spacial score (nSPS) is 14.1. The fraction of sp³-hybridized carbons (Fsp3) is 0.429. The van der Waals surface area contributed by atoms with Gasteiger partial charge in [0.2, 0.25) is 5.91 Å². The lowest BCUT2D eigenvalue weighted by Gasteiger charge is -2.15. The number of carbonyl (C=O) groups is 1. The van der Waals surface area contributed by atoms with Crippen LogP contribution in [0.5, 0.6) is 0 Å². The lowest BCUT2D eigenvalue weighted by atomic mass is 10.1. The van der Waals surface area contributed by atoms with E-state index in [0.29, 0.717) is 5.11 Å². The third-order valence-corrected chi connectivity index (χ3v) is 3.37. The number of carbonyl (C=O) groups excluding carboxylic acids is 1. The Morgan fingerprint density at radius 1 is 1.44 bits per heavy atom. The Kier molecular flexibility index (Phi) is 3.97. The molecule has 3 nitrogen and oxygen atoms in total. The topological polar surface area (TPSA) is 41.1 Å². The van der Waals surface area contributed by atoms with Gasteiger partial charge in [-0.3, -0.25) is 4.79 Å². The lowest BCUT2D eigenvalue weighted by Crippen LogP contribution is -2.35. The molecular formula is C14H18N2OS. The van der Waals surface area contributed by atoms with E-state index in [1.807, 2.05) is 19.1 Å². The first-order chi connectivity index (χ1) is 8.61. The average molecular weight is 262 g/mol. The van der Waals surface area contributed by atoms with Gasteiger partial charge in [-0.15, -0.1) is 0 Å². The zero-order chi connectivity index (χ0) is 13.1. The van der Waals surface area contributed by atoms with Crippen LogP contribution in [0.3, 0.4) is 0 Å². The van der Waals surface area contributed by atoms with Crippen LogP contribution in [0.2, 0.25) is 0 Å². The highest BCUT2D eigenvalue weighted by atomic mass is 32.1. The first-order valence-electron chi connectivity index (χ1n) is 6.32. The molecule has 0 saturated heterocycles. The molecule has 1 amide bonds. The fourth-order valence-corrected chi connectivity index (χ4v) is 2.11. The third-order valence-electron chi connectivity index (χ3n) is 3.16. The van der Waals surface area contributed by atoms with Crippen LogP contribution in [-0.4, -0.2) is 11.0 Å². The van der Waals surface area contributed by atoms with Crippen molar-refractivity contribution in [2.24, 2.45) is 5.92 Å². The van der Waals surface area contributed by atoms with Crippen LogP contribution in [0.4, 0.5) is 5.69 Å². The molecule has 0 radical (unpaired) electrons. The van der Waals surface area contributed by atoms with Gasteiger partial charge in [-0.2, -0.15) is 0 Å². The van der Waals surface area contributed by atoms with Crippen LogP contribution in [0.1, 0.15) is 30.9 Å². The van der Waals surface area contributed by atoms with E-state index in [9.17, 15) is 4.79 Å². The molecule has 1 aromatic rings. The maximum atomic E-state index is 11.6. The molecule has 0 heterocycles. The van der Waals surface area contributed by atoms with E-state index < -0.39 is 0 Å².